The molecule has 0 bridgehead atoms. The van der Waals surface area contributed by atoms with Gasteiger partial charge in [-0.05, 0) is 38.9 Å². The number of carbonyl (C=O) groups is 2. The van der Waals surface area contributed by atoms with Crippen LogP contribution in [0.1, 0.15) is 26.2 Å². The fourth-order valence-electron chi connectivity index (χ4n) is 2.82. The number of amides is 2. The fraction of sp³-hybridized carbons (Fsp3) is 0.579. The number of hydrogen-bond donors (Lipinski definition) is 2. The van der Waals surface area contributed by atoms with Crippen LogP contribution in [0.5, 0.6) is 5.75 Å². The highest BCUT2D eigenvalue weighted by Crippen LogP contribution is 2.18. The summed E-state index contributed by atoms with van der Waals surface area (Å²) in [5, 5.41) is 6.07. The van der Waals surface area contributed by atoms with Gasteiger partial charge < -0.3 is 20.3 Å². The molecule has 1 aromatic rings. The zero-order valence-electron chi connectivity index (χ0n) is 15.6. The molecule has 1 unspecified atom stereocenters. The first-order valence-electron chi connectivity index (χ1n) is 9.00. The third kappa shape index (κ3) is 7.22. The van der Waals surface area contributed by atoms with Crippen LogP contribution in [-0.2, 0) is 9.59 Å². The molecule has 1 heterocycles. The summed E-state index contributed by atoms with van der Waals surface area (Å²) in [6, 6.07) is 9.76. The van der Waals surface area contributed by atoms with Crippen molar-refractivity contribution >= 4 is 24.2 Å². The Morgan fingerprint density at radius 2 is 1.88 bits per heavy atom. The highest BCUT2D eigenvalue weighted by Gasteiger charge is 2.27. The van der Waals surface area contributed by atoms with Gasteiger partial charge in [0.25, 0.3) is 0 Å². The number of para-hydroxylation sites is 1. The molecular formula is C19H30ClN3O3. The molecule has 1 aromatic carbocycles. The maximum Gasteiger partial charge on any atom is 0.225 e. The molecular weight excluding hydrogens is 354 g/mol. The highest BCUT2D eigenvalue weighted by atomic mass is 35.5. The lowest BCUT2D eigenvalue weighted by Crippen LogP contribution is -2.45. The zero-order valence-corrected chi connectivity index (χ0v) is 16.4. The van der Waals surface area contributed by atoms with E-state index in [1.165, 1.54) is 0 Å². The van der Waals surface area contributed by atoms with Crippen molar-refractivity contribution in [3.05, 3.63) is 30.3 Å². The van der Waals surface area contributed by atoms with Crippen LogP contribution in [0, 0.1) is 5.92 Å². The summed E-state index contributed by atoms with van der Waals surface area (Å²) in [5.74, 6) is 0.982. The van der Waals surface area contributed by atoms with Gasteiger partial charge in [0.15, 0.2) is 0 Å². The molecule has 146 valence electrons. The molecule has 6 nitrogen and oxygen atoms in total. The van der Waals surface area contributed by atoms with E-state index in [0.717, 1.165) is 18.6 Å². The summed E-state index contributed by atoms with van der Waals surface area (Å²) in [6.07, 6.45) is 1.82. The molecule has 1 aliphatic rings. The van der Waals surface area contributed by atoms with E-state index in [1.54, 1.807) is 0 Å². The van der Waals surface area contributed by atoms with E-state index >= 15 is 0 Å². The first kappa shape index (κ1) is 22.3. The van der Waals surface area contributed by atoms with Gasteiger partial charge in [-0.3, -0.25) is 9.59 Å². The molecule has 0 radical (unpaired) electrons. The molecule has 7 heteroatoms. The van der Waals surface area contributed by atoms with E-state index < -0.39 is 0 Å². The van der Waals surface area contributed by atoms with Gasteiger partial charge in [0.05, 0.1) is 13.0 Å². The number of carbonyl (C=O) groups excluding carboxylic acids is 2. The van der Waals surface area contributed by atoms with E-state index in [4.69, 9.17) is 4.74 Å². The van der Waals surface area contributed by atoms with Crippen LogP contribution in [0.4, 0.5) is 0 Å². The summed E-state index contributed by atoms with van der Waals surface area (Å²) in [4.78, 5) is 26.3. The van der Waals surface area contributed by atoms with E-state index in [0.29, 0.717) is 32.7 Å². The number of halogens is 1. The molecule has 2 amide bonds. The van der Waals surface area contributed by atoms with Crippen LogP contribution in [0.25, 0.3) is 0 Å². The molecule has 2 N–H and O–H groups in total. The molecule has 0 aromatic heterocycles. The number of hydrogen-bond acceptors (Lipinski definition) is 4. The van der Waals surface area contributed by atoms with Crippen LogP contribution in [0.2, 0.25) is 0 Å². The van der Waals surface area contributed by atoms with Crippen molar-refractivity contribution < 1.29 is 14.3 Å². The Hall–Kier alpha value is -1.79. The number of likely N-dealkylation sites (N-methyl/N-ethyl adjacent to an activating group) is 1. The molecule has 2 rings (SSSR count). The highest BCUT2D eigenvalue weighted by molar-refractivity contribution is 5.85. The Bertz CT molecular complexity index is 548. The van der Waals surface area contributed by atoms with Crippen LogP contribution < -0.4 is 15.4 Å². The van der Waals surface area contributed by atoms with Crippen molar-refractivity contribution in [2.75, 3.05) is 33.3 Å². The smallest absolute Gasteiger partial charge is 0.225 e. The van der Waals surface area contributed by atoms with Gasteiger partial charge in [0.2, 0.25) is 11.8 Å². The summed E-state index contributed by atoms with van der Waals surface area (Å²) >= 11 is 0. The van der Waals surface area contributed by atoms with Crippen LogP contribution >= 0.6 is 12.4 Å². The Morgan fingerprint density at radius 1 is 1.23 bits per heavy atom. The van der Waals surface area contributed by atoms with Crippen molar-refractivity contribution in [1.29, 1.82) is 0 Å². The molecule has 1 fully saturated rings. The predicted molar refractivity (Wildman–Crippen MR) is 105 cm³/mol. The lowest BCUT2D eigenvalue weighted by molar-refractivity contribution is -0.136. The van der Waals surface area contributed by atoms with Crippen molar-refractivity contribution in [3.63, 3.8) is 0 Å². The molecule has 0 saturated carbocycles. The second-order valence-corrected chi connectivity index (χ2v) is 6.50. The largest absolute Gasteiger partial charge is 0.493 e. The van der Waals surface area contributed by atoms with Crippen LogP contribution in [0.15, 0.2) is 30.3 Å². The van der Waals surface area contributed by atoms with E-state index in [1.807, 2.05) is 49.2 Å². The number of rotatable bonds is 8. The van der Waals surface area contributed by atoms with Gasteiger partial charge in [0.1, 0.15) is 5.75 Å². The van der Waals surface area contributed by atoms with Crippen molar-refractivity contribution in [2.45, 2.75) is 32.2 Å². The lowest BCUT2D eigenvalue weighted by atomic mass is 9.95. The van der Waals surface area contributed by atoms with Crippen LogP contribution in [-0.4, -0.2) is 56.0 Å². The van der Waals surface area contributed by atoms with Crippen molar-refractivity contribution in [2.24, 2.45) is 5.92 Å². The zero-order chi connectivity index (χ0) is 18.1. The van der Waals surface area contributed by atoms with Gasteiger partial charge in [-0.15, -0.1) is 12.4 Å². The average molecular weight is 384 g/mol. The maximum absolute atomic E-state index is 12.3. The van der Waals surface area contributed by atoms with Gasteiger partial charge in [-0.1, -0.05) is 18.2 Å². The summed E-state index contributed by atoms with van der Waals surface area (Å²) < 4.78 is 5.57. The number of benzene rings is 1. The second-order valence-electron chi connectivity index (χ2n) is 6.50. The fourth-order valence-corrected chi connectivity index (χ4v) is 2.82. The monoisotopic (exact) mass is 383 g/mol. The first-order chi connectivity index (χ1) is 12.1. The van der Waals surface area contributed by atoms with Gasteiger partial charge in [-0.25, -0.2) is 0 Å². The molecule has 1 saturated heterocycles. The van der Waals surface area contributed by atoms with Crippen molar-refractivity contribution in [1.82, 2.24) is 15.5 Å². The topological polar surface area (TPSA) is 70.7 Å². The van der Waals surface area contributed by atoms with Gasteiger partial charge in [0, 0.05) is 31.6 Å². The SMILES string of the molecule is CNC(C)CNC(=O)C1CCN(C(=O)CCOc2ccccc2)CC1.Cl. The first-order valence-corrected chi connectivity index (χ1v) is 9.00. The summed E-state index contributed by atoms with van der Waals surface area (Å²) in [6.45, 7) is 4.32. The summed E-state index contributed by atoms with van der Waals surface area (Å²) in [7, 11) is 1.88. The number of nitrogens with zero attached hydrogens (tertiary/aromatic N) is 1. The second kappa shape index (κ2) is 11.8. The molecule has 0 aliphatic carbocycles. The van der Waals surface area contributed by atoms with E-state index in [-0.39, 0.29) is 36.2 Å². The van der Waals surface area contributed by atoms with Gasteiger partial charge in [-0.2, -0.15) is 0 Å². The molecule has 0 spiro atoms. The maximum atomic E-state index is 12.3. The lowest BCUT2D eigenvalue weighted by Gasteiger charge is -2.31. The Labute approximate surface area is 162 Å². The predicted octanol–water partition coefficient (Wildman–Crippen LogP) is 1.84. The Balaban J connectivity index is 0.00000338. The molecule has 26 heavy (non-hydrogen) atoms. The third-order valence-corrected chi connectivity index (χ3v) is 4.62. The minimum Gasteiger partial charge on any atom is -0.493 e. The number of nitrogens with one attached hydrogen (secondary N) is 2. The Kier molecular flexibility index (Phi) is 10.1. The quantitative estimate of drug-likeness (QED) is 0.718. The average Bonchev–Trinajstić information content (AvgIpc) is 2.66. The minimum absolute atomic E-state index is 0. The normalized spacial score (nSPS) is 15.7. The molecule has 1 aliphatic heterocycles. The molecule has 1 atom stereocenters. The Morgan fingerprint density at radius 3 is 2.50 bits per heavy atom. The summed E-state index contributed by atoms with van der Waals surface area (Å²) in [5.41, 5.74) is 0. The minimum atomic E-state index is 0. The van der Waals surface area contributed by atoms with E-state index in [2.05, 4.69) is 10.6 Å². The van der Waals surface area contributed by atoms with Crippen molar-refractivity contribution in [3.8, 4) is 5.75 Å². The number of likely N-dealkylation sites (tertiary alicyclic amines) is 1. The number of piperidine rings is 1. The third-order valence-electron chi connectivity index (χ3n) is 4.62. The van der Waals surface area contributed by atoms with Crippen LogP contribution in [0.3, 0.4) is 0 Å². The van der Waals surface area contributed by atoms with Gasteiger partial charge >= 0.3 is 0 Å². The standard InChI is InChI=1S/C19H29N3O3.ClH/c1-15(20-2)14-21-19(24)16-8-11-22(12-9-16)18(23)10-13-25-17-6-4-3-5-7-17;/h3-7,15-16,20H,8-14H2,1-2H3,(H,21,24);1H. The number of ether oxygens (including phenoxy) is 1. The van der Waals surface area contributed by atoms with E-state index in [9.17, 15) is 9.59 Å².